The Morgan fingerprint density at radius 2 is 2.23 bits per heavy atom. The van der Waals surface area contributed by atoms with E-state index < -0.39 is 0 Å². The number of halogens is 1. The summed E-state index contributed by atoms with van der Waals surface area (Å²) in [5, 5.41) is 3.44. The van der Waals surface area contributed by atoms with Gasteiger partial charge in [-0.3, -0.25) is 4.99 Å². The molecule has 2 rings (SSSR count). The van der Waals surface area contributed by atoms with Gasteiger partial charge in [-0.1, -0.05) is 20.8 Å². The fraction of sp³-hybridized carbons (Fsp3) is 0.750. The molecule has 126 valence electrons. The Morgan fingerprint density at radius 3 is 2.82 bits per heavy atom. The summed E-state index contributed by atoms with van der Waals surface area (Å²) in [6.07, 6.45) is 7.06. The van der Waals surface area contributed by atoms with Gasteiger partial charge in [0, 0.05) is 38.6 Å². The second-order valence-corrected chi connectivity index (χ2v) is 6.38. The Hall–Kier alpha value is -0.790. The fourth-order valence-electron chi connectivity index (χ4n) is 2.79. The molecule has 2 atom stereocenters. The second-order valence-electron chi connectivity index (χ2n) is 6.38. The topological polar surface area (TPSA) is 45.5 Å². The minimum absolute atomic E-state index is 0. The molecule has 0 saturated carbocycles. The summed E-state index contributed by atoms with van der Waals surface area (Å²) >= 11 is 0. The number of aromatic nitrogens is 2. The van der Waals surface area contributed by atoms with Gasteiger partial charge >= 0.3 is 0 Å². The van der Waals surface area contributed by atoms with Crippen molar-refractivity contribution in [3.63, 3.8) is 0 Å². The second kappa shape index (κ2) is 9.37. The van der Waals surface area contributed by atoms with E-state index >= 15 is 0 Å². The SMILES string of the molecule is CCNC(=NCC(C)C)N1CCC(C)C(n2ccnc2)C1.I. The van der Waals surface area contributed by atoms with Crippen LogP contribution in [-0.4, -0.2) is 46.6 Å². The van der Waals surface area contributed by atoms with Crippen LogP contribution in [0.4, 0.5) is 0 Å². The van der Waals surface area contributed by atoms with Gasteiger partial charge in [0.1, 0.15) is 0 Å². The van der Waals surface area contributed by atoms with E-state index in [4.69, 9.17) is 4.99 Å². The van der Waals surface area contributed by atoms with Gasteiger partial charge in [0.2, 0.25) is 0 Å². The first-order valence-corrected chi connectivity index (χ1v) is 8.12. The van der Waals surface area contributed by atoms with Crippen LogP contribution in [0.15, 0.2) is 23.7 Å². The van der Waals surface area contributed by atoms with Crippen LogP contribution in [0.5, 0.6) is 0 Å². The lowest BCUT2D eigenvalue weighted by molar-refractivity contribution is 0.189. The molecule has 0 amide bonds. The highest BCUT2D eigenvalue weighted by Crippen LogP contribution is 2.27. The van der Waals surface area contributed by atoms with Gasteiger partial charge in [-0.05, 0) is 25.2 Å². The van der Waals surface area contributed by atoms with Gasteiger partial charge in [-0.2, -0.15) is 0 Å². The van der Waals surface area contributed by atoms with Gasteiger partial charge in [0.15, 0.2) is 5.96 Å². The number of guanidine groups is 1. The fourth-order valence-corrected chi connectivity index (χ4v) is 2.79. The number of hydrogen-bond donors (Lipinski definition) is 1. The zero-order chi connectivity index (χ0) is 15.2. The third-order valence-corrected chi connectivity index (χ3v) is 4.07. The van der Waals surface area contributed by atoms with E-state index in [0.717, 1.165) is 32.1 Å². The number of likely N-dealkylation sites (tertiary alicyclic amines) is 1. The van der Waals surface area contributed by atoms with Crippen LogP contribution >= 0.6 is 24.0 Å². The van der Waals surface area contributed by atoms with E-state index in [9.17, 15) is 0 Å². The van der Waals surface area contributed by atoms with Crippen LogP contribution in [0, 0.1) is 11.8 Å². The van der Waals surface area contributed by atoms with Crippen molar-refractivity contribution in [2.75, 3.05) is 26.2 Å². The highest BCUT2D eigenvalue weighted by molar-refractivity contribution is 14.0. The summed E-state index contributed by atoms with van der Waals surface area (Å²) in [6.45, 7) is 12.8. The monoisotopic (exact) mass is 419 g/mol. The van der Waals surface area contributed by atoms with Crippen molar-refractivity contribution in [2.24, 2.45) is 16.8 Å². The quantitative estimate of drug-likeness (QED) is 0.464. The van der Waals surface area contributed by atoms with Crippen LogP contribution in [-0.2, 0) is 0 Å². The lowest BCUT2D eigenvalue weighted by atomic mass is 9.93. The molecule has 0 aromatic carbocycles. The molecule has 5 nitrogen and oxygen atoms in total. The van der Waals surface area contributed by atoms with Crippen LogP contribution in [0.3, 0.4) is 0 Å². The van der Waals surface area contributed by atoms with Gasteiger partial charge < -0.3 is 14.8 Å². The maximum atomic E-state index is 4.78. The molecule has 1 aromatic rings. The first-order valence-electron chi connectivity index (χ1n) is 8.12. The van der Waals surface area contributed by atoms with E-state index in [1.165, 1.54) is 6.42 Å². The van der Waals surface area contributed by atoms with Crippen LogP contribution < -0.4 is 5.32 Å². The third-order valence-electron chi connectivity index (χ3n) is 4.07. The smallest absolute Gasteiger partial charge is 0.193 e. The van der Waals surface area contributed by atoms with Crippen molar-refractivity contribution in [3.05, 3.63) is 18.7 Å². The standard InChI is InChI=1S/C16H29N5.HI/c1-5-18-16(19-10-13(2)3)20-8-6-14(4)15(11-20)21-9-7-17-12-21;/h7,9,12-15H,5-6,8,10-11H2,1-4H3,(H,18,19);1H. The van der Waals surface area contributed by atoms with E-state index in [2.05, 4.69) is 53.7 Å². The molecule has 1 aliphatic rings. The van der Waals surface area contributed by atoms with Crippen molar-refractivity contribution in [2.45, 2.75) is 40.2 Å². The molecular weight excluding hydrogens is 389 g/mol. The molecule has 1 N–H and O–H groups in total. The summed E-state index contributed by atoms with van der Waals surface area (Å²) in [5.41, 5.74) is 0. The summed E-state index contributed by atoms with van der Waals surface area (Å²) < 4.78 is 2.24. The van der Waals surface area contributed by atoms with Crippen LogP contribution in [0.2, 0.25) is 0 Å². The molecule has 1 aliphatic heterocycles. The van der Waals surface area contributed by atoms with Crippen molar-refractivity contribution in [1.29, 1.82) is 0 Å². The van der Waals surface area contributed by atoms with E-state index in [0.29, 0.717) is 17.9 Å². The van der Waals surface area contributed by atoms with Gasteiger partial charge in [-0.15, -0.1) is 24.0 Å². The number of rotatable bonds is 4. The Bertz CT molecular complexity index is 443. The predicted molar refractivity (Wildman–Crippen MR) is 103 cm³/mol. The van der Waals surface area contributed by atoms with Crippen LogP contribution in [0.25, 0.3) is 0 Å². The number of nitrogens with zero attached hydrogens (tertiary/aromatic N) is 4. The molecule has 1 aromatic heterocycles. The van der Waals surface area contributed by atoms with Crippen molar-refractivity contribution >= 4 is 29.9 Å². The minimum Gasteiger partial charge on any atom is -0.357 e. The van der Waals surface area contributed by atoms with Crippen molar-refractivity contribution in [3.8, 4) is 0 Å². The maximum Gasteiger partial charge on any atom is 0.193 e. The average Bonchev–Trinajstić information content (AvgIpc) is 2.98. The largest absolute Gasteiger partial charge is 0.357 e. The van der Waals surface area contributed by atoms with Gasteiger partial charge in [0.25, 0.3) is 0 Å². The van der Waals surface area contributed by atoms with Crippen molar-refractivity contribution in [1.82, 2.24) is 19.8 Å². The maximum absolute atomic E-state index is 4.78. The zero-order valence-corrected chi connectivity index (χ0v) is 16.5. The summed E-state index contributed by atoms with van der Waals surface area (Å²) in [6, 6.07) is 0.476. The predicted octanol–water partition coefficient (Wildman–Crippen LogP) is 3.01. The Labute approximate surface area is 151 Å². The molecular formula is C16H30IN5. The molecule has 0 radical (unpaired) electrons. The molecule has 22 heavy (non-hydrogen) atoms. The molecule has 0 bridgehead atoms. The molecule has 0 aliphatic carbocycles. The number of nitrogens with one attached hydrogen (secondary N) is 1. The zero-order valence-electron chi connectivity index (χ0n) is 14.2. The number of piperidine rings is 1. The molecule has 1 fully saturated rings. The Morgan fingerprint density at radius 1 is 1.45 bits per heavy atom. The lowest BCUT2D eigenvalue weighted by Gasteiger charge is -2.39. The highest BCUT2D eigenvalue weighted by Gasteiger charge is 2.28. The van der Waals surface area contributed by atoms with Crippen LogP contribution in [0.1, 0.15) is 40.2 Å². The Balaban J connectivity index is 0.00000242. The third kappa shape index (κ3) is 5.14. The minimum atomic E-state index is 0. The highest BCUT2D eigenvalue weighted by atomic mass is 127. The average molecular weight is 419 g/mol. The molecule has 2 unspecified atom stereocenters. The van der Waals surface area contributed by atoms with E-state index in [-0.39, 0.29) is 24.0 Å². The lowest BCUT2D eigenvalue weighted by Crippen LogP contribution is -2.49. The molecule has 2 heterocycles. The number of imidazole rings is 1. The van der Waals surface area contributed by atoms with E-state index in [1.807, 2.05) is 12.5 Å². The molecule has 0 spiro atoms. The summed E-state index contributed by atoms with van der Waals surface area (Å²) in [4.78, 5) is 11.4. The first kappa shape index (κ1) is 19.3. The van der Waals surface area contributed by atoms with Crippen molar-refractivity contribution < 1.29 is 0 Å². The Kier molecular flexibility index (Phi) is 8.20. The van der Waals surface area contributed by atoms with E-state index in [1.54, 1.807) is 0 Å². The summed E-state index contributed by atoms with van der Waals surface area (Å²) in [5.74, 6) is 2.32. The normalized spacial score (nSPS) is 22.6. The first-order chi connectivity index (χ1) is 10.1. The van der Waals surface area contributed by atoms with Gasteiger partial charge in [-0.25, -0.2) is 4.98 Å². The summed E-state index contributed by atoms with van der Waals surface area (Å²) in [7, 11) is 0. The number of hydrogen-bond acceptors (Lipinski definition) is 2. The molecule has 1 saturated heterocycles. The number of aliphatic imine (C=N–C) groups is 1. The molecule has 6 heteroatoms. The van der Waals surface area contributed by atoms with Gasteiger partial charge in [0.05, 0.1) is 12.4 Å².